The van der Waals surface area contributed by atoms with Crippen LogP contribution >= 0.6 is 0 Å². The van der Waals surface area contributed by atoms with Gasteiger partial charge in [0.15, 0.2) is 0 Å². The molecule has 2 rings (SSSR count). The maximum absolute atomic E-state index is 2.54. The van der Waals surface area contributed by atoms with Gasteiger partial charge in [0, 0.05) is 0 Å². The molecule has 0 aromatic heterocycles. The van der Waals surface area contributed by atoms with Crippen molar-refractivity contribution >= 4 is 0 Å². The van der Waals surface area contributed by atoms with E-state index in [4.69, 9.17) is 0 Å². The predicted molar refractivity (Wildman–Crippen MR) is 76.1 cm³/mol. The molecule has 0 nitrogen and oxygen atoms in total. The van der Waals surface area contributed by atoms with Crippen LogP contribution in [0.25, 0.3) is 0 Å². The molecular weight excluding hydrogens is 204 g/mol. The van der Waals surface area contributed by atoms with Gasteiger partial charge in [0.1, 0.15) is 0 Å². The Morgan fingerprint density at radius 2 is 1.65 bits per heavy atom. The van der Waals surface area contributed by atoms with Gasteiger partial charge in [-0.25, -0.2) is 0 Å². The first-order chi connectivity index (χ1) is 7.94. The van der Waals surface area contributed by atoms with Gasteiger partial charge < -0.3 is 0 Å². The van der Waals surface area contributed by atoms with Crippen molar-refractivity contribution < 1.29 is 0 Å². The van der Waals surface area contributed by atoms with Gasteiger partial charge in [-0.05, 0) is 54.8 Å². The van der Waals surface area contributed by atoms with Crippen molar-refractivity contribution in [1.29, 1.82) is 0 Å². The lowest BCUT2D eigenvalue weighted by atomic mass is 9.63. The predicted octanol–water partition coefficient (Wildman–Crippen LogP) is 5.81. The molecule has 2 atom stereocenters. The van der Waals surface area contributed by atoms with E-state index >= 15 is 0 Å². The molecule has 17 heavy (non-hydrogen) atoms. The first-order valence-electron chi connectivity index (χ1n) is 7.94. The van der Waals surface area contributed by atoms with Gasteiger partial charge in [0.2, 0.25) is 0 Å². The fourth-order valence-corrected chi connectivity index (χ4v) is 4.42. The molecule has 0 aliphatic heterocycles. The summed E-state index contributed by atoms with van der Waals surface area (Å²) in [6.45, 7) is 9.94. The Kier molecular flexibility index (Phi) is 3.90. The number of rotatable bonds is 3. The Bertz CT molecular complexity index is 247. The second-order valence-electron chi connectivity index (χ2n) is 8.06. The fraction of sp³-hybridized carbons (Fsp3) is 1.00. The van der Waals surface area contributed by atoms with Crippen LogP contribution < -0.4 is 0 Å². The normalized spacial score (nSPS) is 36.0. The Labute approximate surface area is 109 Å². The van der Waals surface area contributed by atoms with Crippen molar-refractivity contribution in [3.05, 3.63) is 0 Å². The van der Waals surface area contributed by atoms with Gasteiger partial charge in [0.05, 0.1) is 0 Å². The fourth-order valence-electron chi connectivity index (χ4n) is 4.42. The molecule has 100 valence electrons. The molecule has 0 saturated heterocycles. The molecule has 2 unspecified atom stereocenters. The second-order valence-corrected chi connectivity index (χ2v) is 8.06. The van der Waals surface area contributed by atoms with Crippen LogP contribution in [0, 0.1) is 22.7 Å². The van der Waals surface area contributed by atoms with Crippen LogP contribution in [0.1, 0.15) is 85.5 Å². The first kappa shape index (κ1) is 13.4. The van der Waals surface area contributed by atoms with Crippen molar-refractivity contribution in [3.63, 3.8) is 0 Å². The topological polar surface area (TPSA) is 0 Å². The summed E-state index contributed by atoms with van der Waals surface area (Å²) in [4.78, 5) is 0. The van der Waals surface area contributed by atoms with E-state index in [0.29, 0.717) is 5.41 Å². The van der Waals surface area contributed by atoms with Gasteiger partial charge in [-0.2, -0.15) is 0 Å². The van der Waals surface area contributed by atoms with Crippen LogP contribution in [-0.2, 0) is 0 Å². The van der Waals surface area contributed by atoms with Crippen molar-refractivity contribution in [2.45, 2.75) is 85.5 Å². The zero-order valence-electron chi connectivity index (χ0n) is 12.5. The van der Waals surface area contributed by atoms with Crippen LogP contribution in [0.15, 0.2) is 0 Å². The Morgan fingerprint density at radius 3 is 2.18 bits per heavy atom. The lowest BCUT2D eigenvalue weighted by Gasteiger charge is -2.43. The monoisotopic (exact) mass is 236 g/mol. The van der Waals surface area contributed by atoms with E-state index in [9.17, 15) is 0 Å². The van der Waals surface area contributed by atoms with Crippen LogP contribution in [-0.4, -0.2) is 0 Å². The van der Waals surface area contributed by atoms with Crippen molar-refractivity contribution in [3.8, 4) is 0 Å². The lowest BCUT2D eigenvalue weighted by molar-refractivity contribution is 0.0863. The van der Waals surface area contributed by atoms with Gasteiger partial charge in [-0.1, -0.05) is 53.4 Å². The minimum absolute atomic E-state index is 0.607. The van der Waals surface area contributed by atoms with E-state index in [0.717, 1.165) is 17.3 Å². The summed E-state index contributed by atoms with van der Waals surface area (Å²) in [5.74, 6) is 2.04. The zero-order valence-corrected chi connectivity index (χ0v) is 12.5. The van der Waals surface area contributed by atoms with Crippen LogP contribution in [0.3, 0.4) is 0 Å². The average molecular weight is 236 g/mol. The lowest BCUT2D eigenvalue weighted by Crippen LogP contribution is -2.31. The van der Waals surface area contributed by atoms with E-state index < -0.39 is 0 Å². The molecule has 0 heterocycles. The highest BCUT2D eigenvalue weighted by Gasteiger charge is 2.38. The highest BCUT2D eigenvalue weighted by Crippen LogP contribution is 2.50. The molecule has 0 aromatic rings. The van der Waals surface area contributed by atoms with Crippen LogP contribution in [0.5, 0.6) is 0 Å². The second kappa shape index (κ2) is 4.94. The standard InChI is InChI=1S/C17H32/c1-5-14-12-16(2,3)9-6-8-15(14)13-17(4)10-7-11-17/h14-15H,5-13H2,1-4H3. The maximum Gasteiger partial charge on any atom is -0.0323 e. The summed E-state index contributed by atoms with van der Waals surface area (Å²) < 4.78 is 0. The molecule has 0 radical (unpaired) electrons. The molecule has 0 bridgehead atoms. The van der Waals surface area contributed by atoms with Crippen molar-refractivity contribution in [2.24, 2.45) is 22.7 Å². The molecule has 0 spiro atoms. The van der Waals surface area contributed by atoms with Gasteiger partial charge in [-0.3, -0.25) is 0 Å². The van der Waals surface area contributed by atoms with E-state index in [-0.39, 0.29) is 0 Å². The number of hydrogen-bond acceptors (Lipinski definition) is 0. The molecule has 0 heteroatoms. The maximum atomic E-state index is 2.54. The van der Waals surface area contributed by atoms with E-state index in [1.807, 2.05) is 0 Å². The Balaban J connectivity index is 1.99. The van der Waals surface area contributed by atoms with Crippen LogP contribution in [0.4, 0.5) is 0 Å². The molecule has 0 N–H and O–H groups in total. The molecular formula is C17H32. The molecule has 0 amide bonds. The third kappa shape index (κ3) is 3.26. The third-order valence-electron chi connectivity index (χ3n) is 5.75. The quantitative estimate of drug-likeness (QED) is 0.542. The van der Waals surface area contributed by atoms with Gasteiger partial charge >= 0.3 is 0 Å². The average Bonchev–Trinajstić information content (AvgIpc) is 2.35. The van der Waals surface area contributed by atoms with Crippen molar-refractivity contribution in [2.75, 3.05) is 0 Å². The molecule has 0 aromatic carbocycles. The van der Waals surface area contributed by atoms with Gasteiger partial charge in [-0.15, -0.1) is 0 Å². The molecule has 2 aliphatic carbocycles. The smallest absolute Gasteiger partial charge is 0.0323 e. The summed E-state index contributed by atoms with van der Waals surface area (Å²) in [5.41, 5.74) is 1.34. The SMILES string of the molecule is CCC1CC(C)(C)CCCC1CC1(C)CCC1. The molecule has 2 saturated carbocycles. The largest absolute Gasteiger partial charge is 0.0651 e. The summed E-state index contributed by atoms with van der Waals surface area (Å²) in [6, 6.07) is 0. The van der Waals surface area contributed by atoms with E-state index in [1.54, 1.807) is 0 Å². The zero-order chi connectivity index (χ0) is 12.5. The van der Waals surface area contributed by atoms with Crippen molar-refractivity contribution in [1.82, 2.24) is 0 Å². The summed E-state index contributed by atoms with van der Waals surface area (Å²) in [7, 11) is 0. The number of hydrogen-bond donors (Lipinski definition) is 0. The molecule has 2 fully saturated rings. The molecule has 2 aliphatic rings. The third-order valence-corrected chi connectivity index (χ3v) is 5.75. The minimum Gasteiger partial charge on any atom is -0.0651 e. The van der Waals surface area contributed by atoms with E-state index in [1.165, 1.54) is 57.8 Å². The minimum atomic E-state index is 0.607. The Hall–Kier alpha value is 0. The summed E-state index contributed by atoms with van der Waals surface area (Å²) in [6.07, 6.45) is 13.4. The van der Waals surface area contributed by atoms with Gasteiger partial charge in [0.25, 0.3) is 0 Å². The summed E-state index contributed by atoms with van der Waals surface area (Å²) in [5, 5.41) is 0. The summed E-state index contributed by atoms with van der Waals surface area (Å²) >= 11 is 0. The highest BCUT2D eigenvalue weighted by molar-refractivity contribution is 4.90. The highest BCUT2D eigenvalue weighted by atomic mass is 14.4. The Morgan fingerprint density at radius 1 is 0.941 bits per heavy atom. The van der Waals surface area contributed by atoms with Crippen LogP contribution in [0.2, 0.25) is 0 Å². The van der Waals surface area contributed by atoms with E-state index in [2.05, 4.69) is 27.7 Å². The first-order valence-corrected chi connectivity index (χ1v) is 7.94.